The molecule has 0 aliphatic rings. The standard InChI is InChI=1S/C9H8Br2O3/c1-13-7-4-6(11)9(12)8(14-2)3-5(7)10/h3-4H,1-2H3. The maximum atomic E-state index is 11.6. The minimum atomic E-state index is -0.212. The van der Waals surface area contributed by atoms with E-state index in [1.807, 2.05) is 0 Å². The maximum Gasteiger partial charge on any atom is 0.234 e. The van der Waals surface area contributed by atoms with Gasteiger partial charge in [-0.25, -0.2) is 0 Å². The van der Waals surface area contributed by atoms with Crippen LogP contribution >= 0.6 is 31.9 Å². The summed E-state index contributed by atoms with van der Waals surface area (Å²) in [5, 5.41) is 0. The van der Waals surface area contributed by atoms with E-state index < -0.39 is 0 Å². The van der Waals surface area contributed by atoms with Gasteiger partial charge in [0.15, 0.2) is 5.75 Å². The molecule has 0 N–H and O–H groups in total. The van der Waals surface area contributed by atoms with Crippen molar-refractivity contribution in [1.29, 1.82) is 0 Å². The summed E-state index contributed by atoms with van der Waals surface area (Å²) in [7, 11) is 2.98. The second-order valence-corrected chi connectivity index (χ2v) is 4.16. The first-order valence-corrected chi connectivity index (χ1v) is 5.30. The normalized spacial score (nSPS) is 9.71. The van der Waals surface area contributed by atoms with Crippen molar-refractivity contribution in [3.63, 3.8) is 0 Å². The summed E-state index contributed by atoms with van der Waals surface area (Å²) in [4.78, 5) is 11.6. The molecule has 0 bridgehead atoms. The molecular formula is C9H8Br2O3. The third-order valence-corrected chi connectivity index (χ3v) is 2.84. The van der Waals surface area contributed by atoms with Gasteiger partial charge in [-0.1, -0.05) is 0 Å². The van der Waals surface area contributed by atoms with Crippen molar-refractivity contribution >= 4 is 31.9 Å². The van der Waals surface area contributed by atoms with Crippen molar-refractivity contribution in [3.8, 4) is 11.5 Å². The van der Waals surface area contributed by atoms with Gasteiger partial charge >= 0.3 is 0 Å². The van der Waals surface area contributed by atoms with E-state index in [9.17, 15) is 4.79 Å². The largest absolute Gasteiger partial charge is 0.496 e. The van der Waals surface area contributed by atoms with Gasteiger partial charge < -0.3 is 9.47 Å². The van der Waals surface area contributed by atoms with Gasteiger partial charge in [0, 0.05) is 6.07 Å². The Labute approximate surface area is 98.3 Å². The highest BCUT2D eigenvalue weighted by Crippen LogP contribution is 2.27. The van der Waals surface area contributed by atoms with Gasteiger partial charge in [-0.15, -0.1) is 0 Å². The van der Waals surface area contributed by atoms with E-state index in [4.69, 9.17) is 9.47 Å². The van der Waals surface area contributed by atoms with Crippen LogP contribution in [-0.4, -0.2) is 14.2 Å². The Morgan fingerprint density at radius 2 is 1.50 bits per heavy atom. The van der Waals surface area contributed by atoms with Crippen molar-refractivity contribution in [3.05, 3.63) is 31.3 Å². The summed E-state index contributed by atoms with van der Waals surface area (Å²) >= 11 is 6.43. The van der Waals surface area contributed by atoms with Crippen LogP contribution in [0.3, 0.4) is 0 Å². The average Bonchev–Trinajstić information content (AvgIpc) is 2.29. The summed E-state index contributed by atoms with van der Waals surface area (Å²) in [6.45, 7) is 0. The molecular weight excluding hydrogens is 316 g/mol. The van der Waals surface area contributed by atoms with E-state index in [0.29, 0.717) is 14.7 Å². The van der Waals surface area contributed by atoms with Crippen molar-refractivity contribution in [2.45, 2.75) is 0 Å². The predicted octanol–water partition coefficient (Wildman–Crippen LogP) is 2.59. The monoisotopic (exact) mass is 322 g/mol. The number of hydrogen-bond donors (Lipinski definition) is 0. The molecule has 0 radical (unpaired) electrons. The van der Waals surface area contributed by atoms with Crippen molar-refractivity contribution in [1.82, 2.24) is 0 Å². The second-order valence-electron chi connectivity index (χ2n) is 2.45. The van der Waals surface area contributed by atoms with Gasteiger partial charge in [0.1, 0.15) is 5.75 Å². The van der Waals surface area contributed by atoms with Crippen LogP contribution in [0.1, 0.15) is 0 Å². The molecule has 0 amide bonds. The Morgan fingerprint density at radius 3 is 2.00 bits per heavy atom. The lowest BCUT2D eigenvalue weighted by atomic mass is 10.5. The Balaban J connectivity index is 3.56. The Kier molecular flexibility index (Phi) is 3.95. The van der Waals surface area contributed by atoms with Gasteiger partial charge in [0.2, 0.25) is 5.43 Å². The van der Waals surface area contributed by atoms with Crippen LogP contribution in [0.2, 0.25) is 0 Å². The first kappa shape index (κ1) is 11.5. The third-order valence-electron chi connectivity index (χ3n) is 1.63. The number of ether oxygens (including phenoxy) is 2. The van der Waals surface area contributed by atoms with Crippen LogP contribution < -0.4 is 14.9 Å². The van der Waals surface area contributed by atoms with Crippen LogP contribution in [0.4, 0.5) is 0 Å². The third kappa shape index (κ3) is 2.27. The maximum absolute atomic E-state index is 11.6. The van der Waals surface area contributed by atoms with Crippen molar-refractivity contribution in [2.75, 3.05) is 14.2 Å². The van der Waals surface area contributed by atoms with E-state index in [1.165, 1.54) is 14.2 Å². The highest BCUT2D eigenvalue weighted by atomic mass is 79.9. The first-order chi connectivity index (χ1) is 6.60. The molecule has 0 unspecified atom stereocenters. The molecule has 0 aliphatic heterocycles. The van der Waals surface area contributed by atoms with Crippen LogP contribution in [0.25, 0.3) is 0 Å². The summed E-state index contributed by atoms with van der Waals surface area (Å²) in [6, 6.07) is 3.17. The molecule has 0 aromatic heterocycles. The number of rotatable bonds is 2. The van der Waals surface area contributed by atoms with E-state index in [-0.39, 0.29) is 11.2 Å². The molecule has 0 heterocycles. The highest BCUT2D eigenvalue weighted by Gasteiger charge is 2.07. The fraction of sp³-hybridized carbons (Fsp3) is 0.222. The molecule has 0 fully saturated rings. The number of halogens is 2. The molecule has 1 aromatic rings. The van der Waals surface area contributed by atoms with Crippen LogP contribution in [0, 0.1) is 0 Å². The Bertz CT molecular complexity index is 404. The lowest BCUT2D eigenvalue weighted by Gasteiger charge is -1.97. The molecule has 0 saturated carbocycles. The van der Waals surface area contributed by atoms with Crippen LogP contribution in [-0.2, 0) is 0 Å². The highest BCUT2D eigenvalue weighted by molar-refractivity contribution is 9.11. The molecule has 5 heteroatoms. The summed E-state index contributed by atoms with van der Waals surface area (Å²) in [6.07, 6.45) is 0. The minimum Gasteiger partial charge on any atom is -0.496 e. The van der Waals surface area contributed by atoms with Crippen molar-refractivity contribution in [2.24, 2.45) is 0 Å². The smallest absolute Gasteiger partial charge is 0.234 e. The van der Waals surface area contributed by atoms with Gasteiger partial charge in [0.25, 0.3) is 0 Å². The zero-order valence-corrected chi connectivity index (χ0v) is 10.8. The Morgan fingerprint density at radius 1 is 1.00 bits per heavy atom. The predicted molar refractivity (Wildman–Crippen MR) is 61.2 cm³/mol. The molecule has 76 valence electrons. The summed E-state index contributed by atoms with van der Waals surface area (Å²) in [5.74, 6) is 0.823. The first-order valence-electron chi connectivity index (χ1n) is 3.71. The lowest BCUT2D eigenvalue weighted by Crippen LogP contribution is -2.02. The molecule has 0 aliphatic carbocycles. The van der Waals surface area contributed by atoms with Gasteiger partial charge in [-0.2, -0.15) is 0 Å². The molecule has 0 saturated heterocycles. The van der Waals surface area contributed by atoms with Gasteiger partial charge in [-0.05, 0) is 37.9 Å². The van der Waals surface area contributed by atoms with Gasteiger partial charge in [-0.3, -0.25) is 4.79 Å². The topological polar surface area (TPSA) is 35.5 Å². The van der Waals surface area contributed by atoms with E-state index in [2.05, 4.69) is 31.9 Å². The van der Waals surface area contributed by atoms with Gasteiger partial charge in [0.05, 0.1) is 23.2 Å². The summed E-state index contributed by atoms with van der Waals surface area (Å²) in [5.41, 5.74) is -0.212. The number of methoxy groups -OCH3 is 2. The SMILES string of the molecule is COc1cc(Br)c(=O)c(OC)cc1Br. The fourth-order valence-electron chi connectivity index (χ4n) is 0.927. The van der Waals surface area contributed by atoms with Crippen LogP contribution in [0.5, 0.6) is 11.5 Å². The lowest BCUT2D eigenvalue weighted by molar-refractivity contribution is 0.407. The molecule has 14 heavy (non-hydrogen) atoms. The Hall–Kier alpha value is -0.550. The molecule has 0 spiro atoms. The zero-order chi connectivity index (χ0) is 10.7. The molecule has 1 aromatic carbocycles. The molecule has 1 rings (SSSR count). The zero-order valence-electron chi connectivity index (χ0n) is 7.64. The van der Waals surface area contributed by atoms with E-state index in [1.54, 1.807) is 12.1 Å². The average molecular weight is 324 g/mol. The fourth-order valence-corrected chi connectivity index (χ4v) is 1.81. The quantitative estimate of drug-likeness (QED) is 0.839. The minimum absolute atomic E-state index is 0.212. The molecule has 3 nitrogen and oxygen atoms in total. The van der Waals surface area contributed by atoms with E-state index >= 15 is 0 Å². The second kappa shape index (κ2) is 4.79. The molecule has 0 atom stereocenters. The number of hydrogen-bond acceptors (Lipinski definition) is 3. The van der Waals surface area contributed by atoms with Crippen molar-refractivity contribution < 1.29 is 9.47 Å². The summed E-state index contributed by atoms with van der Waals surface area (Å²) < 4.78 is 11.1. The van der Waals surface area contributed by atoms with Crippen LogP contribution in [0.15, 0.2) is 25.9 Å². The van der Waals surface area contributed by atoms with E-state index in [0.717, 1.165) is 0 Å².